The number of anilines is 2. The first kappa shape index (κ1) is 12.6. The lowest BCUT2D eigenvalue weighted by atomic mass is 9.88. The third-order valence-corrected chi connectivity index (χ3v) is 4.38. The molecular weight excluding hydrogens is 236 g/mol. The SMILES string of the molecule is CCCOc1cccc2c1NCC1C(C)CCCN21. The summed E-state index contributed by atoms with van der Waals surface area (Å²) >= 11 is 0. The summed E-state index contributed by atoms with van der Waals surface area (Å²) in [7, 11) is 0. The van der Waals surface area contributed by atoms with Gasteiger partial charge in [-0.25, -0.2) is 0 Å². The summed E-state index contributed by atoms with van der Waals surface area (Å²) in [6.45, 7) is 7.53. The number of fused-ring (bicyclic) bond motifs is 3. The van der Waals surface area contributed by atoms with E-state index >= 15 is 0 Å². The lowest BCUT2D eigenvalue weighted by Gasteiger charge is -2.46. The molecule has 0 spiro atoms. The fraction of sp³-hybridized carbons (Fsp3) is 0.625. The molecule has 1 N–H and O–H groups in total. The average molecular weight is 260 g/mol. The third-order valence-electron chi connectivity index (χ3n) is 4.38. The molecule has 2 heterocycles. The van der Waals surface area contributed by atoms with Gasteiger partial charge in [0, 0.05) is 19.1 Å². The van der Waals surface area contributed by atoms with Crippen molar-refractivity contribution < 1.29 is 4.74 Å². The summed E-state index contributed by atoms with van der Waals surface area (Å²) < 4.78 is 5.87. The Balaban J connectivity index is 1.91. The second kappa shape index (κ2) is 5.32. The minimum absolute atomic E-state index is 0.641. The standard InChI is InChI=1S/C16H24N2O/c1-3-10-19-15-8-4-7-13-16(15)17-11-14-12(2)6-5-9-18(13)14/h4,7-8,12,14,17H,3,5-6,9-11H2,1-2H3. The summed E-state index contributed by atoms with van der Waals surface area (Å²) in [5, 5.41) is 3.60. The van der Waals surface area contributed by atoms with Crippen LogP contribution in [0.1, 0.15) is 33.1 Å². The lowest BCUT2D eigenvalue weighted by Crippen LogP contribution is -2.51. The van der Waals surface area contributed by atoms with Crippen LogP contribution in [-0.2, 0) is 0 Å². The summed E-state index contributed by atoms with van der Waals surface area (Å²) in [4.78, 5) is 2.58. The van der Waals surface area contributed by atoms with Gasteiger partial charge in [-0.2, -0.15) is 0 Å². The van der Waals surface area contributed by atoms with E-state index in [1.165, 1.54) is 30.8 Å². The molecular formula is C16H24N2O. The average Bonchev–Trinajstić information content (AvgIpc) is 2.45. The molecule has 2 aliphatic rings. The largest absolute Gasteiger partial charge is 0.491 e. The Kier molecular flexibility index (Phi) is 3.54. The molecule has 104 valence electrons. The smallest absolute Gasteiger partial charge is 0.144 e. The van der Waals surface area contributed by atoms with E-state index in [9.17, 15) is 0 Å². The van der Waals surface area contributed by atoms with Gasteiger partial charge in [-0.1, -0.05) is 19.9 Å². The molecule has 1 saturated heterocycles. The fourth-order valence-electron chi connectivity index (χ4n) is 3.33. The zero-order valence-corrected chi connectivity index (χ0v) is 12.0. The van der Waals surface area contributed by atoms with E-state index in [0.29, 0.717) is 6.04 Å². The Morgan fingerprint density at radius 1 is 1.42 bits per heavy atom. The molecule has 0 bridgehead atoms. The maximum Gasteiger partial charge on any atom is 0.144 e. The van der Waals surface area contributed by atoms with Crippen molar-refractivity contribution in [1.29, 1.82) is 0 Å². The van der Waals surface area contributed by atoms with Crippen LogP contribution in [0.4, 0.5) is 11.4 Å². The number of nitrogens with one attached hydrogen (secondary N) is 1. The highest BCUT2D eigenvalue weighted by Crippen LogP contribution is 2.42. The zero-order valence-electron chi connectivity index (χ0n) is 12.0. The van der Waals surface area contributed by atoms with Crippen molar-refractivity contribution in [1.82, 2.24) is 0 Å². The minimum Gasteiger partial charge on any atom is -0.491 e. The van der Waals surface area contributed by atoms with Gasteiger partial charge in [-0.15, -0.1) is 0 Å². The van der Waals surface area contributed by atoms with Crippen LogP contribution in [0.3, 0.4) is 0 Å². The molecule has 19 heavy (non-hydrogen) atoms. The summed E-state index contributed by atoms with van der Waals surface area (Å²) in [6.07, 6.45) is 3.70. The monoisotopic (exact) mass is 260 g/mol. The molecule has 3 rings (SSSR count). The fourth-order valence-corrected chi connectivity index (χ4v) is 3.33. The highest BCUT2D eigenvalue weighted by Gasteiger charge is 2.33. The second-order valence-corrected chi connectivity index (χ2v) is 5.76. The first-order valence-electron chi connectivity index (χ1n) is 7.57. The van der Waals surface area contributed by atoms with Crippen LogP contribution in [0.25, 0.3) is 0 Å². The molecule has 0 radical (unpaired) electrons. The zero-order chi connectivity index (χ0) is 13.2. The Hall–Kier alpha value is -1.38. The Morgan fingerprint density at radius 2 is 2.32 bits per heavy atom. The first-order chi connectivity index (χ1) is 9.31. The number of hydrogen-bond acceptors (Lipinski definition) is 3. The predicted octanol–water partition coefficient (Wildman–Crippen LogP) is 3.51. The maximum absolute atomic E-state index is 5.87. The van der Waals surface area contributed by atoms with Crippen molar-refractivity contribution in [2.75, 3.05) is 29.9 Å². The van der Waals surface area contributed by atoms with Crippen LogP contribution in [0.2, 0.25) is 0 Å². The lowest BCUT2D eigenvalue weighted by molar-refractivity contribution is 0.315. The highest BCUT2D eigenvalue weighted by atomic mass is 16.5. The van der Waals surface area contributed by atoms with Gasteiger partial charge in [0.2, 0.25) is 0 Å². The Morgan fingerprint density at radius 3 is 3.16 bits per heavy atom. The van der Waals surface area contributed by atoms with Crippen molar-refractivity contribution in [2.45, 2.75) is 39.2 Å². The van der Waals surface area contributed by atoms with Crippen molar-refractivity contribution in [3.05, 3.63) is 18.2 Å². The first-order valence-corrected chi connectivity index (χ1v) is 7.57. The van der Waals surface area contributed by atoms with E-state index in [0.717, 1.165) is 31.2 Å². The normalized spacial score (nSPS) is 25.3. The molecule has 0 amide bonds. The molecule has 1 aromatic rings. The highest BCUT2D eigenvalue weighted by molar-refractivity contribution is 5.79. The van der Waals surface area contributed by atoms with E-state index in [4.69, 9.17) is 4.74 Å². The van der Waals surface area contributed by atoms with E-state index in [1.54, 1.807) is 0 Å². The van der Waals surface area contributed by atoms with Crippen LogP contribution in [-0.4, -0.2) is 25.7 Å². The predicted molar refractivity (Wildman–Crippen MR) is 80.2 cm³/mol. The molecule has 1 aromatic carbocycles. The third kappa shape index (κ3) is 2.26. The topological polar surface area (TPSA) is 24.5 Å². The van der Waals surface area contributed by atoms with Crippen LogP contribution in [0.5, 0.6) is 5.75 Å². The molecule has 0 aliphatic carbocycles. The van der Waals surface area contributed by atoms with Crippen LogP contribution in [0, 0.1) is 5.92 Å². The molecule has 3 heteroatoms. The van der Waals surface area contributed by atoms with Gasteiger partial charge in [0.1, 0.15) is 11.4 Å². The van der Waals surface area contributed by atoms with E-state index in [-0.39, 0.29) is 0 Å². The maximum atomic E-state index is 5.87. The van der Waals surface area contributed by atoms with Gasteiger partial charge in [0.25, 0.3) is 0 Å². The summed E-state index contributed by atoms with van der Waals surface area (Å²) in [5.41, 5.74) is 2.53. The molecule has 3 nitrogen and oxygen atoms in total. The number of para-hydroxylation sites is 1. The van der Waals surface area contributed by atoms with E-state index in [2.05, 4.69) is 42.3 Å². The molecule has 2 aliphatic heterocycles. The molecule has 0 saturated carbocycles. The van der Waals surface area contributed by atoms with Gasteiger partial charge < -0.3 is 15.0 Å². The number of benzene rings is 1. The van der Waals surface area contributed by atoms with Gasteiger partial charge in [-0.3, -0.25) is 0 Å². The molecule has 2 unspecified atom stereocenters. The van der Waals surface area contributed by atoms with Gasteiger partial charge >= 0.3 is 0 Å². The van der Waals surface area contributed by atoms with Crippen LogP contribution >= 0.6 is 0 Å². The Bertz CT molecular complexity index is 446. The number of ether oxygens (including phenoxy) is 1. The Labute approximate surface area is 115 Å². The number of rotatable bonds is 3. The van der Waals surface area contributed by atoms with Crippen molar-refractivity contribution in [3.63, 3.8) is 0 Å². The van der Waals surface area contributed by atoms with Crippen molar-refractivity contribution in [2.24, 2.45) is 5.92 Å². The van der Waals surface area contributed by atoms with Crippen molar-refractivity contribution in [3.8, 4) is 5.75 Å². The van der Waals surface area contributed by atoms with Gasteiger partial charge in [0.15, 0.2) is 0 Å². The van der Waals surface area contributed by atoms with Crippen LogP contribution < -0.4 is 15.0 Å². The quantitative estimate of drug-likeness (QED) is 0.900. The molecule has 1 fully saturated rings. The number of hydrogen-bond donors (Lipinski definition) is 1. The number of nitrogens with zero attached hydrogens (tertiary/aromatic N) is 1. The van der Waals surface area contributed by atoms with Crippen molar-refractivity contribution >= 4 is 11.4 Å². The molecule has 0 aromatic heterocycles. The summed E-state index contributed by atoms with van der Waals surface area (Å²) in [6, 6.07) is 7.07. The number of piperidine rings is 1. The van der Waals surface area contributed by atoms with E-state index in [1.807, 2.05) is 0 Å². The second-order valence-electron chi connectivity index (χ2n) is 5.76. The van der Waals surface area contributed by atoms with Crippen LogP contribution in [0.15, 0.2) is 18.2 Å². The van der Waals surface area contributed by atoms with Gasteiger partial charge in [-0.05, 0) is 37.3 Å². The molecule has 2 atom stereocenters. The van der Waals surface area contributed by atoms with E-state index < -0.39 is 0 Å². The summed E-state index contributed by atoms with van der Waals surface area (Å²) in [5.74, 6) is 1.78. The minimum atomic E-state index is 0.641. The van der Waals surface area contributed by atoms with Gasteiger partial charge in [0.05, 0.1) is 12.3 Å².